The molecule has 3 heteroatoms. The van der Waals surface area contributed by atoms with Crippen molar-refractivity contribution < 1.29 is 0 Å². The zero-order valence-corrected chi connectivity index (χ0v) is 21.0. The highest BCUT2D eigenvalue weighted by atomic mass is 14.9. The molecule has 0 atom stereocenters. The summed E-state index contributed by atoms with van der Waals surface area (Å²) in [6, 6.07) is 35.2. The first-order valence-electron chi connectivity index (χ1n) is 13.2. The highest BCUT2D eigenvalue weighted by Crippen LogP contribution is 2.43. The van der Waals surface area contributed by atoms with Crippen LogP contribution in [0.1, 0.15) is 5.56 Å². The summed E-state index contributed by atoms with van der Waals surface area (Å²) in [6.45, 7) is 4.04. The van der Waals surface area contributed by atoms with Crippen molar-refractivity contribution in [1.82, 2.24) is 14.4 Å². The standard InChI is InChI=1S/C36H21N3/c1-2-21-11-14-31-28(18-21)30-20-24(25-15-17-38-35-27(25)13-12-23-8-5-16-37-34(23)35)19-29-26-9-3-6-22-7-4-10-32(33(22)26)39(31)36(29)30/h2-20H,1H2. The molecule has 180 valence electrons. The monoisotopic (exact) mass is 495 g/mol. The van der Waals surface area contributed by atoms with Gasteiger partial charge in [0.2, 0.25) is 0 Å². The lowest BCUT2D eigenvalue weighted by Crippen LogP contribution is -1.93. The van der Waals surface area contributed by atoms with Crippen molar-refractivity contribution in [2.24, 2.45) is 0 Å². The Labute approximate surface area is 223 Å². The minimum absolute atomic E-state index is 0.933. The van der Waals surface area contributed by atoms with E-state index in [1.54, 1.807) is 0 Å². The lowest BCUT2D eigenvalue weighted by Gasteiger charge is -2.15. The molecule has 0 saturated heterocycles. The van der Waals surface area contributed by atoms with Gasteiger partial charge in [-0.25, -0.2) is 0 Å². The number of fused-ring (bicyclic) bond motifs is 8. The van der Waals surface area contributed by atoms with Crippen molar-refractivity contribution in [1.29, 1.82) is 0 Å². The first-order chi connectivity index (χ1) is 19.3. The van der Waals surface area contributed by atoms with Gasteiger partial charge in [0, 0.05) is 44.7 Å². The molecular weight excluding hydrogens is 474 g/mol. The summed E-state index contributed by atoms with van der Waals surface area (Å²) in [6.07, 6.45) is 5.68. The lowest BCUT2D eigenvalue weighted by atomic mass is 9.94. The van der Waals surface area contributed by atoms with E-state index in [-0.39, 0.29) is 0 Å². The van der Waals surface area contributed by atoms with Crippen LogP contribution in [0.25, 0.3) is 87.9 Å². The molecule has 3 nitrogen and oxygen atoms in total. The lowest BCUT2D eigenvalue weighted by molar-refractivity contribution is 1.35. The molecular formula is C36H21N3. The van der Waals surface area contributed by atoms with E-state index >= 15 is 0 Å². The summed E-state index contributed by atoms with van der Waals surface area (Å²) in [5.41, 5.74) is 9.04. The van der Waals surface area contributed by atoms with Crippen LogP contribution in [0, 0.1) is 0 Å². The van der Waals surface area contributed by atoms with Gasteiger partial charge in [-0.3, -0.25) is 9.97 Å². The average molecular weight is 496 g/mol. The fraction of sp³-hybridized carbons (Fsp3) is 0. The Bertz CT molecular complexity index is 2460. The molecule has 0 bridgehead atoms. The molecule has 0 aliphatic rings. The smallest absolute Gasteiger partial charge is 0.0970 e. The Morgan fingerprint density at radius 2 is 1.41 bits per heavy atom. The number of rotatable bonds is 2. The van der Waals surface area contributed by atoms with E-state index in [4.69, 9.17) is 4.98 Å². The van der Waals surface area contributed by atoms with Gasteiger partial charge in [-0.1, -0.05) is 67.3 Å². The molecule has 9 aromatic rings. The molecule has 0 unspecified atom stereocenters. The van der Waals surface area contributed by atoms with E-state index in [1.807, 2.05) is 24.5 Å². The van der Waals surface area contributed by atoms with Gasteiger partial charge in [0.25, 0.3) is 0 Å². The van der Waals surface area contributed by atoms with Crippen molar-refractivity contribution >= 4 is 76.7 Å². The normalized spacial score (nSPS) is 12.2. The summed E-state index contributed by atoms with van der Waals surface area (Å²) in [7, 11) is 0. The van der Waals surface area contributed by atoms with Gasteiger partial charge < -0.3 is 4.40 Å². The predicted molar refractivity (Wildman–Crippen MR) is 165 cm³/mol. The van der Waals surface area contributed by atoms with Crippen LogP contribution in [0.5, 0.6) is 0 Å². The molecule has 0 aliphatic carbocycles. The minimum Gasteiger partial charge on any atom is -0.308 e. The van der Waals surface area contributed by atoms with E-state index in [0.717, 1.165) is 32.9 Å². The quantitative estimate of drug-likeness (QED) is 0.177. The fourth-order valence-electron chi connectivity index (χ4n) is 6.64. The van der Waals surface area contributed by atoms with Gasteiger partial charge in [-0.15, -0.1) is 0 Å². The van der Waals surface area contributed by atoms with Crippen LogP contribution < -0.4 is 0 Å². The summed E-state index contributed by atoms with van der Waals surface area (Å²) in [4.78, 5) is 9.45. The molecule has 0 saturated carbocycles. The maximum absolute atomic E-state index is 4.77. The van der Waals surface area contributed by atoms with Crippen molar-refractivity contribution in [3.63, 3.8) is 0 Å². The molecule has 4 heterocycles. The van der Waals surface area contributed by atoms with Crippen molar-refractivity contribution in [2.45, 2.75) is 0 Å². The highest BCUT2D eigenvalue weighted by molar-refractivity contribution is 6.28. The first kappa shape index (κ1) is 20.7. The zero-order chi connectivity index (χ0) is 25.7. The molecule has 0 amide bonds. The summed E-state index contributed by atoms with van der Waals surface area (Å²) in [5, 5.41) is 9.78. The second kappa shape index (κ2) is 7.40. The first-order valence-corrected chi connectivity index (χ1v) is 13.2. The van der Waals surface area contributed by atoms with Crippen LogP contribution in [0.3, 0.4) is 0 Å². The summed E-state index contributed by atoms with van der Waals surface area (Å²) >= 11 is 0. The summed E-state index contributed by atoms with van der Waals surface area (Å²) in [5.74, 6) is 0. The van der Waals surface area contributed by atoms with Crippen LogP contribution in [0.2, 0.25) is 0 Å². The van der Waals surface area contributed by atoms with E-state index in [1.165, 1.54) is 54.4 Å². The van der Waals surface area contributed by atoms with Crippen molar-refractivity contribution in [2.75, 3.05) is 0 Å². The van der Waals surface area contributed by atoms with Gasteiger partial charge in [0.1, 0.15) is 0 Å². The number of nitrogens with zero attached hydrogens (tertiary/aromatic N) is 3. The Morgan fingerprint density at radius 1 is 0.590 bits per heavy atom. The van der Waals surface area contributed by atoms with E-state index in [0.29, 0.717) is 0 Å². The Morgan fingerprint density at radius 3 is 2.31 bits per heavy atom. The molecule has 0 radical (unpaired) electrons. The third kappa shape index (κ3) is 2.66. The largest absolute Gasteiger partial charge is 0.308 e. The molecule has 39 heavy (non-hydrogen) atoms. The van der Waals surface area contributed by atoms with Gasteiger partial charge in [-0.2, -0.15) is 0 Å². The number of pyridine rings is 3. The highest BCUT2D eigenvalue weighted by Gasteiger charge is 2.20. The second-order valence-corrected chi connectivity index (χ2v) is 10.3. The minimum atomic E-state index is 0.933. The third-order valence-electron chi connectivity index (χ3n) is 8.33. The average Bonchev–Trinajstić information content (AvgIpc) is 3.33. The molecule has 0 aliphatic heterocycles. The van der Waals surface area contributed by atoms with Gasteiger partial charge >= 0.3 is 0 Å². The van der Waals surface area contributed by atoms with Crippen molar-refractivity contribution in [3.8, 4) is 11.1 Å². The van der Waals surface area contributed by atoms with Crippen molar-refractivity contribution in [3.05, 3.63) is 122 Å². The molecule has 9 rings (SSSR count). The van der Waals surface area contributed by atoms with Crippen LogP contribution in [0.4, 0.5) is 0 Å². The number of benzene rings is 5. The fourth-order valence-corrected chi connectivity index (χ4v) is 6.64. The van der Waals surface area contributed by atoms with E-state index < -0.39 is 0 Å². The SMILES string of the molecule is C=Cc1ccc2c(c1)c1cc(-c3ccnc4c3ccc3cccnc34)cc3c4cccc5cccc(c54)n2c31. The number of hydrogen-bond donors (Lipinski definition) is 0. The number of aromatic nitrogens is 3. The van der Waals surface area contributed by atoms with E-state index in [9.17, 15) is 0 Å². The van der Waals surface area contributed by atoms with Crippen LogP contribution >= 0.6 is 0 Å². The van der Waals surface area contributed by atoms with Crippen LogP contribution in [-0.2, 0) is 0 Å². The van der Waals surface area contributed by atoms with Gasteiger partial charge in [0.05, 0.1) is 27.6 Å². The molecule has 0 fully saturated rings. The molecule has 5 aromatic carbocycles. The van der Waals surface area contributed by atoms with Crippen LogP contribution in [0.15, 0.2) is 116 Å². The Balaban J connectivity index is 1.51. The molecule has 0 spiro atoms. The molecule has 0 N–H and O–H groups in total. The number of hydrogen-bond acceptors (Lipinski definition) is 2. The predicted octanol–water partition coefficient (Wildman–Crippen LogP) is 9.40. The topological polar surface area (TPSA) is 30.2 Å². The van der Waals surface area contributed by atoms with Gasteiger partial charge in [0.15, 0.2) is 0 Å². The van der Waals surface area contributed by atoms with Gasteiger partial charge in [-0.05, 0) is 69.9 Å². The summed E-state index contributed by atoms with van der Waals surface area (Å²) < 4.78 is 2.45. The Hall–Kier alpha value is -5.28. The zero-order valence-electron chi connectivity index (χ0n) is 21.0. The second-order valence-electron chi connectivity index (χ2n) is 10.3. The molecule has 4 aromatic heterocycles. The third-order valence-corrected chi connectivity index (χ3v) is 8.33. The Kier molecular flexibility index (Phi) is 3.93. The van der Waals surface area contributed by atoms with Crippen LogP contribution in [-0.4, -0.2) is 14.4 Å². The maximum atomic E-state index is 4.77. The van der Waals surface area contributed by atoms with E-state index in [2.05, 4.69) is 107 Å². The maximum Gasteiger partial charge on any atom is 0.0970 e.